The Morgan fingerprint density at radius 1 is 0.275 bits per heavy atom. The molecule has 0 amide bonds. The molecule has 0 aromatic rings. The summed E-state index contributed by atoms with van der Waals surface area (Å²) in [7, 11) is -9.92. The van der Waals surface area contributed by atoms with Crippen molar-refractivity contribution in [1.29, 1.82) is 0 Å². The standard InChI is InChI=1S/C83H162O17P2/c1-6-10-13-16-19-22-24-25-26-27-28-29-33-36-39-43-47-52-57-62-67-81(86)94-73-79(100-83(88)69-64-59-54-49-44-40-37-34-31-30-32-35-38-42-46-50-55-60-65-76(5)9-4)75-98-102(91,92)96-71-77(84)70-95-101(89,90)97-74-78(72-93-80(85)66-61-56-51-45-21-18-15-12-8-3)99-82(87)68-63-58-53-48-41-23-20-17-14-11-7-2/h76-79,84H,6-75H2,1-5H3,(H,89,90)(H,91,92)/t76?,77-,78+,79+/m0/s1. The van der Waals surface area contributed by atoms with Gasteiger partial charge in [-0.15, -0.1) is 0 Å². The van der Waals surface area contributed by atoms with Gasteiger partial charge in [-0.1, -0.05) is 394 Å². The molecule has 0 aromatic heterocycles. The second kappa shape index (κ2) is 75.9. The first-order chi connectivity index (χ1) is 49.6. The SMILES string of the molecule is CCCCCCCCCCCCCCCCCCCCCCC(=O)OC[C@H](COP(=O)(O)OC[C@@H](O)COP(=O)(O)OC[C@@H](COC(=O)CCCCCCCCCCC)OC(=O)CCCCCCCCCCCCC)OC(=O)CCCCCCCCCCCCCCCCCCCCC(C)CC. The van der Waals surface area contributed by atoms with Crippen LogP contribution >= 0.6 is 15.6 Å². The minimum Gasteiger partial charge on any atom is -0.462 e. The highest BCUT2D eigenvalue weighted by molar-refractivity contribution is 7.47. The molecule has 0 radical (unpaired) electrons. The third-order valence-electron chi connectivity index (χ3n) is 19.9. The second-order valence-corrected chi connectivity index (χ2v) is 33.0. The van der Waals surface area contributed by atoms with Crippen LogP contribution in [0.3, 0.4) is 0 Å². The summed E-state index contributed by atoms with van der Waals surface area (Å²) in [5, 5.41) is 10.6. The highest BCUT2D eigenvalue weighted by Crippen LogP contribution is 2.45. The molecule has 0 rings (SSSR count). The Kier molecular flexibility index (Phi) is 74.4. The summed E-state index contributed by atoms with van der Waals surface area (Å²) in [6.07, 6.45) is 68.1. The van der Waals surface area contributed by atoms with Gasteiger partial charge >= 0.3 is 39.5 Å². The lowest BCUT2D eigenvalue weighted by Gasteiger charge is -2.21. The fourth-order valence-electron chi connectivity index (χ4n) is 12.9. The monoisotopic (exact) mass is 1490 g/mol. The normalized spacial score (nSPS) is 14.1. The molecular formula is C83H162O17P2. The van der Waals surface area contributed by atoms with Crippen LogP contribution in [0, 0.1) is 5.92 Å². The summed E-state index contributed by atoms with van der Waals surface area (Å²) >= 11 is 0. The summed E-state index contributed by atoms with van der Waals surface area (Å²) in [5.74, 6) is -1.24. The van der Waals surface area contributed by atoms with E-state index in [1.54, 1.807) is 0 Å². The number of phosphoric ester groups is 2. The van der Waals surface area contributed by atoms with E-state index in [0.717, 1.165) is 95.8 Å². The molecule has 0 spiro atoms. The van der Waals surface area contributed by atoms with Gasteiger partial charge in [-0.3, -0.25) is 37.3 Å². The summed E-state index contributed by atoms with van der Waals surface area (Å²) in [5.41, 5.74) is 0. The Morgan fingerprint density at radius 3 is 0.696 bits per heavy atom. The number of carbonyl (C=O) groups is 4. The highest BCUT2D eigenvalue weighted by atomic mass is 31.2. The Labute approximate surface area is 626 Å². The zero-order valence-corrected chi connectivity index (χ0v) is 68.5. The summed E-state index contributed by atoms with van der Waals surface area (Å²) in [6.45, 7) is 7.38. The predicted molar refractivity (Wildman–Crippen MR) is 418 cm³/mol. The molecule has 0 bridgehead atoms. The maximum absolute atomic E-state index is 13.1. The van der Waals surface area contributed by atoms with E-state index >= 15 is 0 Å². The number of rotatable bonds is 83. The number of esters is 4. The quantitative estimate of drug-likeness (QED) is 0.0222. The molecule has 0 aliphatic rings. The Morgan fingerprint density at radius 2 is 0.471 bits per heavy atom. The van der Waals surface area contributed by atoms with E-state index in [1.165, 1.54) is 270 Å². The first-order valence-corrected chi connectivity index (χ1v) is 46.2. The number of aliphatic hydroxyl groups is 1. The Hall–Kier alpha value is -1.94. The van der Waals surface area contributed by atoms with Crippen molar-refractivity contribution in [2.45, 2.75) is 464 Å². The van der Waals surface area contributed by atoms with Gasteiger partial charge in [0.05, 0.1) is 26.4 Å². The zero-order chi connectivity index (χ0) is 74.8. The van der Waals surface area contributed by atoms with Crippen molar-refractivity contribution in [1.82, 2.24) is 0 Å². The van der Waals surface area contributed by atoms with Crippen molar-refractivity contribution in [2.24, 2.45) is 5.92 Å². The molecule has 0 saturated carbocycles. The third kappa shape index (κ3) is 74.9. The van der Waals surface area contributed by atoms with Crippen LogP contribution in [0.5, 0.6) is 0 Å². The van der Waals surface area contributed by atoms with E-state index in [-0.39, 0.29) is 25.7 Å². The van der Waals surface area contributed by atoms with Crippen LogP contribution in [-0.4, -0.2) is 96.7 Å². The van der Waals surface area contributed by atoms with Crippen molar-refractivity contribution in [3.05, 3.63) is 0 Å². The average molecular weight is 1490 g/mol. The van der Waals surface area contributed by atoms with Crippen LogP contribution in [-0.2, 0) is 65.4 Å². The van der Waals surface area contributed by atoms with E-state index in [2.05, 4.69) is 34.6 Å². The van der Waals surface area contributed by atoms with Gasteiger partial charge in [0, 0.05) is 25.7 Å². The number of hydrogen-bond donors (Lipinski definition) is 3. The molecule has 17 nitrogen and oxygen atoms in total. The molecule has 606 valence electrons. The van der Waals surface area contributed by atoms with Crippen LogP contribution in [0.1, 0.15) is 446 Å². The number of aliphatic hydroxyl groups excluding tert-OH is 1. The first kappa shape index (κ1) is 100. The van der Waals surface area contributed by atoms with Crippen molar-refractivity contribution < 1.29 is 80.2 Å². The molecule has 0 aliphatic carbocycles. The van der Waals surface area contributed by atoms with Crippen LogP contribution in [0.15, 0.2) is 0 Å². The molecule has 3 N–H and O–H groups in total. The van der Waals surface area contributed by atoms with Gasteiger partial charge in [-0.25, -0.2) is 9.13 Å². The number of ether oxygens (including phenoxy) is 4. The molecule has 0 heterocycles. The lowest BCUT2D eigenvalue weighted by molar-refractivity contribution is -0.161. The molecular weight excluding hydrogens is 1330 g/mol. The average Bonchev–Trinajstić information content (AvgIpc) is 0.910. The molecule has 6 atom stereocenters. The number of unbranched alkanes of at least 4 members (excludes halogenated alkanes) is 54. The van der Waals surface area contributed by atoms with Crippen molar-refractivity contribution in [2.75, 3.05) is 39.6 Å². The molecule has 0 fully saturated rings. The number of hydrogen-bond acceptors (Lipinski definition) is 15. The van der Waals surface area contributed by atoms with Gasteiger partial charge in [0.2, 0.25) is 0 Å². The number of phosphoric acid groups is 2. The minimum absolute atomic E-state index is 0.107. The molecule has 0 saturated heterocycles. The van der Waals surface area contributed by atoms with Gasteiger partial charge in [-0.2, -0.15) is 0 Å². The van der Waals surface area contributed by atoms with Crippen LogP contribution in [0.4, 0.5) is 0 Å². The lowest BCUT2D eigenvalue weighted by atomic mass is 9.99. The van der Waals surface area contributed by atoms with Gasteiger partial charge < -0.3 is 33.8 Å². The van der Waals surface area contributed by atoms with E-state index < -0.39 is 97.5 Å². The van der Waals surface area contributed by atoms with E-state index in [9.17, 15) is 43.2 Å². The van der Waals surface area contributed by atoms with Crippen molar-refractivity contribution in [3.63, 3.8) is 0 Å². The van der Waals surface area contributed by atoms with Gasteiger partial charge in [0.1, 0.15) is 19.3 Å². The van der Waals surface area contributed by atoms with Gasteiger partial charge in [-0.05, 0) is 31.6 Å². The fourth-order valence-corrected chi connectivity index (χ4v) is 14.5. The zero-order valence-electron chi connectivity index (χ0n) is 66.8. The highest BCUT2D eigenvalue weighted by Gasteiger charge is 2.30. The summed E-state index contributed by atoms with van der Waals surface area (Å²) < 4.78 is 68.7. The van der Waals surface area contributed by atoms with Crippen LogP contribution < -0.4 is 0 Å². The topological polar surface area (TPSA) is 237 Å². The lowest BCUT2D eigenvalue weighted by Crippen LogP contribution is -2.30. The predicted octanol–water partition coefficient (Wildman–Crippen LogP) is 25.2. The maximum Gasteiger partial charge on any atom is 0.472 e. The molecule has 0 aromatic carbocycles. The smallest absolute Gasteiger partial charge is 0.462 e. The largest absolute Gasteiger partial charge is 0.472 e. The van der Waals surface area contributed by atoms with Crippen LogP contribution in [0.2, 0.25) is 0 Å². The molecule has 0 aliphatic heterocycles. The Balaban J connectivity index is 5.17. The summed E-state index contributed by atoms with van der Waals surface area (Å²) in [4.78, 5) is 73.0. The molecule has 102 heavy (non-hydrogen) atoms. The Bertz CT molecular complexity index is 1950. The van der Waals surface area contributed by atoms with E-state index in [1.807, 2.05) is 0 Å². The fraction of sp³-hybridized carbons (Fsp3) is 0.952. The molecule has 19 heteroatoms. The molecule has 3 unspecified atom stereocenters. The third-order valence-corrected chi connectivity index (χ3v) is 21.8. The second-order valence-electron chi connectivity index (χ2n) is 30.1. The minimum atomic E-state index is -4.96. The van der Waals surface area contributed by atoms with E-state index in [0.29, 0.717) is 25.7 Å². The first-order valence-electron chi connectivity index (χ1n) is 43.2. The van der Waals surface area contributed by atoms with Crippen molar-refractivity contribution >= 4 is 39.5 Å². The van der Waals surface area contributed by atoms with Gasteiger partial charge in [0.25, 0.3) is 0 Å². The number of carbonyl (C=O) groups excluding carboxylic acids is 4. The van der Waals surface area contributed by atoms with Crippen molar-refractivity contribution in [3.8, 4) is 0 Å². The maximum atomic E-state index is 13.1. The van der Waals surface area contributed by atoms with E-state index in [4.69, 9.17) is 37.0 Å². The van der Waals surface area contributed by atoms with Gasteiger partial charge in [0.15, 0.2) is 12.2 Å². The summed E-state index contributed by atoms with van der Waals surface area (Å²) in [6, 6.07) is 0. The van der Waals surface area contributed by atoms with Crippen LogP contribution in [0.25, 0.3) is 0 Å².